The number of esters is 1. The van der Waals surface area contributed by atoms with E-state index < -0.39 is 66.8 Å². The molecule has 0 spiro atoms. The van der Waals surface area contributed by atoms with Crippen LogP contribution in [0.15, 0.2) is 60.3 Å². The fourth-order valence-electron chi connectivity index (χ4n) is 4.83. The summed E-state index contributed by atoms with van der Waals surface area (Å²) in [5, 5.41) is 83.5. The highest BCUT2D eigenvalue weighted by Gasteiger charge is 2.32. The molecule has 8 N–H and O–H groups in total. The molecule has 0 aliphatic carbocycles. The Kier molecular flexibility index (Phi) is 19.5. The fraction of sp³-hybridized carbons (Fsp3) is 0.667. The second kappa shape index (κ2) is 21.5. The third kappa shape index (κ3) is 17.1. The van der Waals surface area contributed by atoms with Gasteiger partial charge in [0.05, 0.1) is 48.6 Å². The van der Waals surface area contributed by atoms with Gasteiger partial charge in [0.15, 0.2) is 0 Å². The first-order valence-corrected chi connectivity index (χ1v) is 15.3. The highest BCUT2D eigenvalue weighted by atomic mass is 16.6. The minimum atomic E-state index is -1.25. The zero-order chi connectivity index (χ0) is 32.4. The van der Waals surface area contributed by atoms with Crippen LogP contribution in [0.2, 0.25) is 0 Å². The molecule has 246 valence electrons. The highest BCUT2D eigenvalue weighted by molar-refractivity contribution is 5.73. The summed E-state index contributed by atoms with van der Waals surface area (Å²) in [7, 11) is 0. The van der Waals surface area contributed by atoms with Gasteiger partial charge >= 0.3 is 5.97 Å². The molecule has 10 atom stereocenters. The SMILES string of the molecule is CCCC[C@H]1C(=O)OC(C)[C@@H](O)/C=C/C=C/C=C/C=C/C=C(\C)[C@@H](O)C[C@H](O)C[C@H](O)C[C@H](O)C[C@H](O)C[C@H](O)C[C@@H]1O. The summed E-state index contributed by atoms with van der Waals surface area (Å²) in [4.78, 5) is 12.9. The Hall–Kier alpha value is -2.15. The molecule has 1 aliphatic rings. The van der Waals surface area contributed by atoms with E-state index in [0.29, 0.717) is 18.4 Å². The Bertz CT molecular complexity index is 927. The first kappa shape index (κ1) is 38.9. The Morgan fingerprint density at radius 1 is 0.698 bits per heavy atom. The summed E-state index contributed by atoms with van der Waals surface area (Å²) in [6.07, 6.45) is 6.60. The van der Waals surface area contributed by atoms with E-state index in [2.05, 4.69) is 0 Å². The summed E-state index contributed by atoms with van der Waals surface area (Å²) < 4.78 is 5.45. The number of ether oxygens (including phenoxy) is 1. The summed E-state index contributed by atoms with van der Waals surface area (Å²) >= 11 is 0. The number of hydrogen-bond donors (Lipinski definition) is 8. The van der Waals surface area contributed by atoms with Crippen molar-refractivity contribution in [3.05, 3.63) is 60.3 Å². The van der Waals surface area contributed by atoms with E-state index in [-0.39, 0.29) is 38.5 Å². The molecule has 0 amide bonds. The molecule has 0 saturated carbocycles. The molecular formula is C33H54O10. The van der Waals surface area contributed by atoms with Crippen LogP contribution in [0.5, 0.6) is 0 Å². The van der Waals surface area contributed by atoms with Crippen molar-refractivity contribution in [2.24, 2.45) is 5.92 Å². The normalized spacial score (nSPS) is 39.7. The van der Waals surface area contributed by atoms with E-state index in [1.807, 2.05) is 6.92 Å². The lowest BCUT2D eigenvalue weighted by atomic mass is 9.90. The van der Waals surface area contributed by atoms with Crippen molar-refractivity contribution in [3.63, 3.8) is 0 Å². The van der Waals surface area contributed by atoms with Crippen molar-refractivity contribution in [1.29, 1.82) is 0 Å². The average molecular weight is 611 g/mol. The van der Waals surface area contributed by atoms with Crippen LogP contribution in [-0.4, -0.2) is 102 Å². The topological polar surface area (TPSA) is 188 Å². The minimum absolute atomic E-state index is 0.00262. The van der Waals surface area contributed by atoms with E-state index in [4.69, 9.17) is 4.74 Å². The van der Waals surface area contributed by atoms with E-state index in [0.717, 1.165) is 6.42 Å². The standard InChI is InChI=1S/C33H54O10/c1-4-5-14-29-32(41)21-28(38)19-26(36)17-24(34)16-25(35)18-27(37)20-31(40)22(2)13-11-9-7-6-8-10-12-15-30(39)23(3)43-33(29)42/h6-13,15,23-32,34-41H,4-5,14,16-21H2,1-3H3/b7-6+,10-8+,11-9+,15-12+,22-13+/t23?,24-,25+,26-,27+,28-,29+,30-,31-,32-/m0/s1. The zero-order valence-corrected chi connectivity index (χ0v) is 25.7. The number of carbonyl (C=O) groups excluding carboxylic acids is 1. The number of aliphatic hydroxyl groups excluding tert-OH is 8. The van der Waals surface area contributed by atoms with Gasteiger partial charge in [-0.1, -0.05) is 74.4 Å². The smallest absolute Gasteiger partial charge is 0.311 e. The monoisotopic (exact) mass is 610 g/mol. The van der Waals surface area contributed by atoms with Gasteiger partial charge in [0.1, 0.15) is 12.2 Å². The molecule has 1 aliphatic heterocycles. The lowest BCUT2D eigenvalue weighted by molar-refractivity contribution is -0.162. The van der Waals surface area contributed by atoms with Crippen molar-refractivity contribution in [2.45, 2.75) is 133 Å². The Balaban J connectivity index is 3.06. The molecular weight excluding hydrogens is 556 g/mol. The van der Waals surface area contributed by atoms with Crippen molar-refractivity contribution in [3.8, 4) is 0 Å². The summed E-state index contributed by atoms with van der Waals surface area (Å²) in [6, 6.07) is 0. The number of cyclic esters (lactones) is 1. The van der Waals surface area contributed by atoms with Gasteiger partial charge in [-0.3, -0.25) is 4.79 Å². The van der Waals surface area contributed by atoms with Crippen LogP contribution in [0.1, 0.15) is 78.6 Å². The molecule has 0 aromatic rings. The van der Waals surface area contributed by atoms with Crippen molar-refractivity contribution in [2.75, 3.05) is 0 Å². The van der Waals surface area contributed by atoms with Gasteiger partial charge < -0.3 is 45.6 Å². The Labute approximate surface area is 256 Å². The first-order chi connectivity index (χ1) is 20.3. The number of hydrogen-bond acceptors (Lipinski definition) is 10. The van der Waals surface area contributed by atoms with Crippen LogP contribution in [-0.2, 0) is 9.53 Å². The Morgan fingerprint density at radius 2 is 1.16 bits per heavy atom. The van der Waals surface area contributed by atoms with Crippen LogP contribution in [0, 0.1) is 5.92 Å². The minimum Gasteiger partial charge on any atom is -0.459 e. The van der Waals surface area contributed by atoms with Crippen LogP contribution < -0.4 is 0 Å². The number of aliphatic hydroxyl groups is 8. The second-order valence-corrected chi connectivity index (χ2v) is 11.6. The van der Waals surface area contributed by atoms with Crippen LogP contribution in [0.25, 0.3) is 0 Å². The molecule has 0 aromatic heterocycles. The van der Waals surface area contributed by atoms with Gasteiger partial charge in [0.25, 0.3) is 0 Å². The quantitative estimate of drug-likeness (QED) is 0.220. The summed E-state index contributed by atoms with van der Waals surface area (Å²) in [5.41, 5.74) is 0.622. The molecule has 0 aromatic carbocycles. The molecule has 43 heavy (non-hydrogen) atoms. The van der Waals surface area contributed by atoms with Crippen molar-refractivity contribution < 1.29 is 50.4 Å². The van der Waals surface area contributed by atoms with E-state index in [1.54, 1.807) is 62.5 Å². The van der Waals surface area contributed by atoms with E-state index >= 15 is 0 Å². The fourth-order valence-corrected chi connectivity index (χ4v) is 4.83. The van der Waals surface area contributed by atoms with Gasteiger partial charge in [0, 0.05) is 12.8 Å². The lowest BCUT2D eigenvalue weighted by Crippen LogP contribution is -2.37. The molecule has 0 saturated heterocycles. The zero-order valence-electron chi connectivity index (χ0n) is 25.7. The van der Waals surface area contributed by atoms with E-state index in [1.165, 1.54) is 6.08 Å². The molecule has 0 bridgehead atoms. The molecule has 1 heterocycles. The molecule has 0 radical (unpaired) electrons. The first-order valence-electron chi connectivity index (χ1n) is 15.3. The average Bonchev–Trinajstić information content (AvgIpc) is 2.90. The van der Waals surface area contributed by atoms with Gasteiger partial charge in [-0.05, 0) is 51.5 Å². The number of carbonyl (C=O) groups is 1. The number of allylic oxidation sites excluding steroid dienone is 8. The van der Waals surface area contributed by atoms with Crippen LogP contribution in [0.4, 0.5) is 0 Å². The number of rotatable bonds is 3. The second-order valence-electron chi connectivity index (χ2n) is 11.6. The third-order valence-electron chi connectivity index (χ3n) is 7.46. The van der Waals surface area contributed by atoms with Gasteiger partial charge in [-0.2, -0.15) is 0 Å². The predicted molar refractivity (Wildman–Crippen MR) is 165 cm³/mol. The van der Waals surface area contributed by atoms with Gasteiger partial charge in [-0.15, -0.1) is 0 Å². The van der Waals surface area contributed by atoms with Crippen LogP contribution in [0.3, 0.4) is 0 Å². The summed E-state index contributed by atoms with van der Waals surface area (Å²) in [6.45, 7) is 5.21. The van der Waals surface area contributed by atoms with Gasteiger partial charge in [0.2, 0.25) is 0 Å². The molecule has 1 rings (SSSR count). The molecule has 0 fully saturated rings. The maximum absolute atomic E-state index is 12.9. The number of unbranched alkanes of at least 4 members (excludes halogenated alkanes) is 1. The van der Waals surface area contributed by atoms with Gasteiger partial charge in [-0.25, -0.2) is 0 Å². The predicted octanol–water partition coefficient (Wildman–Crippen LogP) is 2.14. The maximum atomic E-state index is 12.9. The maximum Gasteiger partial charge on any atom is 0.311 e. The summed E-state index contributed by atoms with van der Waals surface area (Å²) in [5.74, 6) is -1.62. The van der Waals surface area contributed by atoms with Crippen molar-refractivity contribution >= 4 is 5.97 Å². The Morgan fingerprint density at radius 3 is 1.70 bits per heavy atom. The molecule has 10 nitrogen and oxygen atoms in total. The van der Waals surface area contributed by atoms with Crippen LogP contribution >= 0.6 is 0 Å². The largest absolute Gasteiger partial charge is 0.459 e. The molecule has 10 heteroatoms. The molecule has 1 unspecified atom stereocenters. The highest BCUT2D eigenvalue weighted by Crippen LogP contribution is 2.23. The van der Waals surface area contributed by atoms with Crippen molar-refractivity contribution in [1.82, 2.24) is 0 Å². The lowest BCUT2D eigenvalue weighted by Gasteiger charge is -2.27. The van der Waals surface area contributed by atoms with E-state index in [9.17, 15) is 45.6 Å². The third-order valence-corrected chi connectivity index (χ3v) is 7.46.